The number of rotatable bonds is 8. The molecule has 1 atom stereocenters. The first-order valence-corrected chi connectivity index (χ1v) is 14.1. The van der Waals surface area contributed by atoms with Crippen molar-refractivity contribution >= 4 is 34.7 Å². The quantitative estimate of drug-likeness (QED) is 0.325. The predicted molar refractivity (Wildman–Crippen MR) is 149 cm³/mol. The van der Waals surface area contributed by atoms with E-state index in [0.29, 0.717) is 55.5 Å². The number of carbonyl (C=O) groups excluding carboxylic acids is 1. The first kappa shape index (κ1) is 25.6. The van der Waals surface area contributed by atoms with Crippen LogP contribution in [-0.2, 0) is 17.8 Å². The van der Waals surface area contributed by atoms with Crippen LogP contribution in [0.15, 0.2) is 60.5 Å². The Morgan fingerprint density at radius 2 is 2.03 bits per heavy atom. The molecule has 1 unspecified atom stereocenters. The topological polar surface area (TPSA) is 97.6 Å². The fourth-order valence-electron chi connectivity index (χ4n) is 4.81. The maximum atomic E-state index is 13.6. The van der Waals surface area contributed by atoms with Gasteiger partial charge in [-0.25, -0.2) is 9.97 Å². The van der Waals surface area contributed by atoms with Crippen molar-refractivity contribution in [2.45, 2.75) is 19.0 Å². The largest absolute Gasteiger partial charge is 0.486 e. The molecule has 0 bridgehead atoms. The van der Waals surface area contributed by atoms with E-state index in [1.807, 2.05) is 18.2 Å². The third kappa shape index (κ3) is 6.00. The molecule has 6 rings (SSSR count). The van der Waals surface area contributed by atoms with E-state index in [0.717, 1.165) is 30.8 Å². The van der Waals surface area contributed by atoms with Crippen molar-refractivity contribution in [2.75, 3.05) is 44.3 Å². The Labute approximate surface area is 235 Å². The number of nitrogens with one attached hydrogen (secondary N) is 1. The van der Waals surface area contributed by atoms with Gasteiger partial charge in [0.1, 0.15) is 36.6 Å². The SMILES string of the molecule is O=C(NCc1ccc2c(c1)OCCO2)C1CN(c2cc(Cl)nc(-n3ccnc3)n2)CCN1CCc1cccs1. The first-order valence-electron chi connectivity index (χ1n) is 12.8. The summed E-state index contributed by atoms with van der Waals surface area (Å²) in [6, 6.07) is 11.4. The number of nitrogens with zero attached hydrogens (tertiary/aromatic N) is 6. The molecule has 1 fully saturated rings. The van der Waals surface area contributed by atoms with Crippen molar-refractivity contribution in [1.29, 1.82) is 0 Å². The van der Waals surface area contributed by atoms with Gasteiger partial charge in [0.15, 0.2) is 11.5 Å². The highest BCUT2D eigenvalue weighted by Crippen LogP contribution is 2.30. The molecule has 0 aliphatic carbocycles. The van der Waals surface area contributed by atoms with Gasteiger partial charge in [-0.3, -0.25) is 14.3 Å². The van der Waals surface area contributed by atoms with Crippen LogP contribution in [0.4, 0.5) is 5.82 Å². The first-order chi connectivity index (χ1) is 19.1. The van der Waals surface area contributed by atoms with Crippen molar-refractivity contribution < 1.29 is 14.3 Å². The summed E-state index contributed by atoms with van der Waals surface area (Å²) in [5, 5.41) is 5.56. The van der Waals surface area contributed by atoms with E-state index in [-0.39, 0.29) is 11.9 Å². The smallest absolute Gasteiger partial charge is 0.239 e. The highest BCUT2D eigenvalue weighted by molar-refractivity contribution is 7.09. The lowest BCUT2D eigenvalue weighted by molar-refractivity contribution is -0.126. The van der Waals surface area contributed by atoms with Crippen LogP contribution in [-0.4, -0.2) is 75.8 Å². The van der Waals surface area contributed by atoms with Crippen molar-refractivity contribution in [3.05, 3.63) is 76.1 Å². The van der Waals surface area contributed by atoms with Gasteiger partial charge in [0, 0.05) is 56.1 Å². The number of anilines is 1. The molecule has 5 heterocycles. The zero-order valence-corrected chi connectivity index (χ0v) is 22.8. The Hall–Kier alpha value is -3.67. The van der Waals surface area contributed by atoms with Gasteiger partial charge < -0.3 is 19.7 Å². The standard InChI is InChI=1S/C27H28ClN7O3S/c28-24-15-25(32-27(31-24)35-8-6-29-18-35)34-10-9-33(7-5-20-2-1-13-39-20)21(17-34)26(36)30-16-19-3-4-22-23(14-19)38-12-11-37-22/h1-4,6,8,13-15,18,21H,5,7,9-12,16-17H2,(H,30,36). The van der Waals surface area contributed by atoms with Crippen LogP contribution in [0, 0.1) is 0 Å². The second-order valence-corrected chi connectivity index (χ2v) is 10.8. The summed E-state index contributed by atoms with van der Waals surface area (Å²) in [5.41, 5.74) is 0.956. The van der Waals surface area contributed by atoms with Crippen LogP contribution in [0.25, 0.3) is 5.95 Å². The van der Waals surface area contributed by atoms with Gasteiger partial charge in [0.2, 0.25) is 11.9 Å². The van der Waals surface area contributed by atoms with Gasteiger partial charge in [-0.15, -0.1) is 11.3 Å². The molecule has 0 spiro atoms. The number of hydrogen-bond acceptors (Lipinski definition) is 9. The number of ether oxygens (including phenoxy) is 2. The lowest BCUT2D eigenvalue weighted by Gasteiger charge is -2.41. The van der Waals surface area contributed by atoms with Crippen LogP contribution >= 0.6 is 22.9 Å². The van der Waals surface area contributed by atoms with E-state index in [4.69, 9.17) is 26.1 Å². The summed E-state index contributed by atoms with van der Waals surface area (Å²) in [4.78, 5) is 32.4. The fourth-order valence-corrected chi connectivity index (χ4v) is 5.68. The van der Waals surface area contributed by atoms with Crippen molar-refractivity contribution in [2.24, 2.45) is 0 Å². The molecule has 1 aromatic carbocycles. The Morgan fingerprint density at radius 1 is 1.13 bits per heavy atom. The molecule has 39 heavy (non-hydrogen) atoms. The zero-order chi connectivity index (χ0) is 26.6. The van der Waals surface area contributed by atoms with E-state index < -0.39 is 0 Å². The lowest BCUT2D eigenvalue weighted by Crippen LogP contribution is -2.59. The maximum Gasteiger partial charge on any atom is 0.239 e. The highest BCUT2D eigenvalue weighted by atomic mass is 35.5. The Balaban J connectivity index is 1.19. The summed E-state index contributed by atoms with van der Waals surface area (Å²) in [6.07, 6.45) is 5.96. The van der Waals surface area contributed by atoms with Crippen LogP contribution in [0.3, 0.4) is 0 Å². The summed E-state index contributed by atoms with van der Waals surface area (Å²) in [6.45, 7) is 4.17. The van der Waals surface area contributed by atoms with Crippen LogP contribution in [0.1, 0.15) is 10.4 Å². The van der Waals surface area contributed by atoms with Crippen LogP contribution < -0.4 is 19.7 Å². The molecule has 1 amide bonds. The number of carbonyl (C=O) groups is 1. The molecule has 2 aliphatic rings. The highest BCUT2D eigenvalue weighted by Gasteiger charge is 2.33. The number of fused-ring (bicyclic) bond motifs is 1. The number of imidazole rings is 1. The minimum Gasteiger partial charge on any atom is -0.486 e. The summed E-state index contributed by atoms with van der Waals surface area (Å²) < 4.78 is 13.0. The Bertz CT molecular complexity index is 1420. The number of piperazine rings is 1. The zero-order valence-electron chi connectivity index (χ0n) is 21.2. The maximum absolute atomic E-state index is 13.6. The van der Waals surface area contributed by atoms with E-state index in [1.165, 1.54) is 4.88 Å². The average Bonchev–Trinajstić information content (AvgIpc) is 3.69. The van der Waals surface area contributed by atoms with E-state index in [9.17, 15) is 4.79 Å². The molecule has 1 saturated heterocycles. The molecule has 2 aliphatic heterocycles. The van der Waals surface area contributed by atoms with Crippen LogP contribution in [0.5, 0.6) is 11.5 Å². The monoisotopic (exact) mass is 565 g/mol. The molecule has 0 saturated carbocycles. The summed E-state index contributed by atoms with van der Waals surface area (Å²) in [7, 11) is 0. The molecule has 12 heteroatoms. The molecule has 1 N–H and O–H groups in total. The van der Waals surface area contributed by atoms with E-state index >= 15 is 0 Å². The van der Waals surface area contributed by atoms with Gasteiger partial charge >= 0.3 is 0 Å². The molecule has 202 valence electrons. The molecular formula is C27H28ClN7O3S. The van der Waals surface area contributed by atoms with Gasteiger partial charge in [-0.1, -0.05) is 23.7 Å². The average molecular weight is 566 g/mol. The summed E-state index contributed by atoms with van der Waals surface area (Å²) >= 11 is 8.11. The number of benzene rings is 1. The number of aromatic nitrogens is 4. The second-order valence-electron chi connectivity index (χ2n) is 9.34. The Morgan fingerprint density at radius 3 is 2.85 bits per heavy atom. The molecule has 10 nitrogen and oxygen atoms in total. The van der Waals surface area contributed by atoms with Crippen molar-refractivity contribution in [3.63, 3.8) is 0 Å². The van der Waals surface area contributed by atoms with Gasteiger partial charge in [0.05, 0.1) is 0 Å². The molecule has 0 radical (unpaired) electrons. The minimum atomic E-state index is -0.360. The molecule has 3 aromatic heterocycles. The summed E-state index contributed by atoms with van der Waals surface area (Å²) in [5.74, 6) is 2.54. The predicted octanol–water partition coefficient (Wildman–Crippen LogP) is 3.20. The van der Waals surface area contributed by atoms with Gasteiger partial charge in [-0.05, 0) is 35.6 Å². The van der Waals surface area contributed by atoms with Gasteiger partial charge in [-0.2, -0.15) is 4.98 Å². The van der Waals surface area contributed by atoms with E-state index in [1.54, 1.807) is 40.7 Å². The number of amides is 1. The van der Waals surface area contributed by atoms with E-state index in [2.05, 4.69) is 42.6 Å². The minimum absolute atomic E-state index is 0.0317. The third-order valence-corrected chi connectivity index (χ3v) is 7.95. The lowest BCUT2D eigenvalue weighted by atomic mass is 10.1. The Kier molecular flexibility index (Phi) is 7.62. The second kappa shape index (κ2) is 11.6. The van der Waals surface area contributed by atoms with Crippen LogP contribution in [0.2, 0.25) is 5.15 Å². The van der Waals surface area contributed by atoms with Crippen molar-refractivity contribution in [1.82, 2.24) is 29.7 Å². The normalized spacial score (nSPS) is 17.3. The van der Waals surface area contributed by atoms with Gasteiger partial charge in [0.25, 0.3) is 0 Å². The number of thiophene rings is 1. The van der Waals surface area contributed by atoms with Crippen molar-refractivity contribution in [3.8, 4) is 17.4 Å². The third-order valence-electron chi connectivity index (χ3n) is 6.82. The fraction of sp³-hybridized carbons (Fsp3) is 0.333. The molecular weight excluding hydrogens is 538 g/mol. The molecule has 4 aromatic rings. The number of halogens is 1. The number of hydrogen-bond donors (Lipinski definition) is 1.